The van der Waals surface area contributed by atoms with E-state index in [1.165, 1.54) is 19.1 Å². The Morgan fingerprint density at radius 3 is 2.68 bits per heavy atom. The molecule has 0 atom stereocenters. The van der Waals surface area contributed by atoms with Crippen molar-refractivity contribution in [1.29, 1.82) is 0 Å². The Balaban J connectivity index is 2.55. The molecule has 2 N–H and O–H groups in total. The van der Waals surface area contributed by atoms with Gasteiger partial charge in [-0.3, -0.25) is 14.9 Å². The lowest BCUT2D eigenvalue weighted by Crippen LogP contribution is -2.21. The molecule has 2 rings (SSSR count). The number of carboxylic acid groups (broad SMARTS) is 1. The molecule has 0 aliphatic carbocycles. The van der Waals surface area contributed by atoms with Crippen LogP contribution in [0.15, 0.2) is 16.9 Å². The lowest BCUT2D eigenvalue weighted by Gasteiger charge is -2.01. The van der Waals surface area contributed by atoms with Crippen molar-refractivity contribution in [1.82, 2.24) is 9.97 Å². The number of hydrogen-bond acceptors (Lipinski definition) is 6. The summed E-state index contributed by atoms with van der Waals surface area (Å²) in [6, 6.07) is 2.74. The van der Waals surface area contributed by atoms with Gasteiger partial charge >= 0.3 is 11.0 Å². The number of aromatic nitrogens is 2. The van der Waals surface area contributed by atoms with E-state index in [0.29, 0.717) is 4.88 Å². The molecule has 0 aromatic carbocycles. The van der Waals surface area contributed by atoms with Gasteiger partial charge in [-0.1, -0.05) is 11.3 Å². The molecule has 9 heteroatoms. The van der Waals surface area contributed by atoms with Crippen molar-refractivity contribution in [3.05, 3.63) is 43.9 Å². The number of hydrogen-bond donors (Lipinski definition) is 2. The minimum absolute atomic E-state index is 0.0577. The summed E-state index contributed by atoms with van der Waals surface area (Å²) < 4.78 is 0. The molecule has 2 aromatic rings. The lowest BCUT2D eigenvalue weighted by atomic mass is 10.2. The summed E-state index contributed by atoms with van der Waals surface area (Å²) in [6.07, 6.45) is 0. The second-order valence-electron chi connectivity index (χ2n) is 3.58. The van der Waals surface area contributed by atoms with Crippen LogP contribution in [0.4, 0.5) is 5.00 Å². The molecular formula is C10H7N3O5S. The Morgan fingerprint density at radius 1 is 1.53 bits per heavy atom. The summed E-state index contributed by atoms with van der Waals surface area (Å²) in [4.78, 5) is 39.1. The Bertz CT molecular complexity index is 733. The van der Waals surface area contributed by atoms with E-state index in [2.05, 4.69) is 9.97 Å². The fourth-order valence-electron chi connectivity index (χ4n) is 1.51. The maximum Gasteiger partial charge on any atom is 0.343 e. The molecule has 0 saturated heterocycles. The number of nitro groups is 1. The van der Waals surface area contributed by atoms with Gasteiger partial charge in [-0.05, 0) is 13.0 Å². The standard InChI is InChI=1S/C10H7N3O5S/c1-4-7(10(15)16)9(14)12-8(11-4)5-2-3-6(19-5)13(17)18/h2-3H,1H3,(H,15,16)(H,11,12,14). The highest BCUT2D eigenvalue weighted by Gasteiger charge is 2.18. The van der Waals surface area contributed by atoms with Crippen LogP contribution < -0.4 is 5.56 Å². The van der Waals surface area contributed by atoms with Crippen LogP contribution in [0.3, 0.4) is 0 Å². The number of nitrogens with one attached hydrogen (secondary N) is 1. The highest BCUT2D eigenvalue weighted by Crippen LogP contribution is 2.30. The van der Waals surface area contributed by atoms with Crippen molar-refractivity contribution >= 4 is 22.3 Å². The number of thiophene rings is 1. The molecule has 2 aromatic heterocycles. The van der Waals surface area contributed by atoms with E-state index in [-0.39, 0.29) is 16.5 Å². The van der Waals surface area contributed by atoms with E-state index in [4.69, 9.17) is 5.11 Å². The smallest absolute Gasteiger partial charge is 0.343 e. The number of carboxylic acids is 1. The highest BCUT2D eigenvalue weighted by molar-refractivity contribution is 7.18. The first-order valence-electron chi connectivity index (χ1n) is 4.99. The molecule has 0 radical (unpaired) electrons. The van der Waals surface area contributed by atoms with E-state index in [1.54, 1.807) is 0 Å². The summed E-state index contributed by atoms with van der Waals surface area (Å²) in [5.74, 6) is -1.25. The Hall–Kier alpha value is -2.55. The summed E-state index contributed by atoms with van der Waals surface area (Å²) >= 11 is 0.847. The number of rotatable bonds is 3. The van der Waals surface area contributed by atoms with Crippen molar-refractivity contribution < 1.29 is 14.8 Å². The van der Waals surface area contributed by atoms with Gasteiger partial charge < -0.3 is 10.1 Å². The van der Waals surface area contributed by atoms with Crippen LogP contribution >= 0.6 is 11.3 Å². The van der Waals surface area contributed by atoms with Crippen molar-refractivity contribution in [3.8, 4) is 10.7 Å². The number of H-pyrrole nitrogens is 1. The zero-order chi connectivity index (χ0) is 14.2. The molecule has 0 saturated carbocycles. The molecule has 0 aliphatic rings. The first kappa shape index (κ1) is 12.9. The van der Waals surface area contributed by atoms with E-state index in [0.717, 1.165) is 11.3 Å². The van der Waals surface area contributed by atoms with E-state index in [9.17, 15) is 19.7 Å². The van der Waals surface area contributed by atoms with Crippen molar-refractivity contribution in [2.24, 2.45) is 0 Å². The number of carbonyl (C=O) groups is 1. The Labute approximate surface area is 109 Å². The molecule has 0 unspecified atom stereocenters. The summed E-state index contributed by atoms with van der Waals surface area (Å²) in [6.45, 7) is 1.39. The third-order valence-corrected chi connectivity index (χ3v) is 3.36. The van der Waals surface area contributed by atoms with E-state index in [1.807, 2.05) is 0 Å². The van der Waals surface area contributed by atoms with Crippen LogP contribution in [0.1, 0.15) is 16.1 Å². The predicted molar refractivity (Wildman–Crippen MR) is 66.5 cm³/mol. The largest absolute Gasteiger partial charge is 0.477 e. The zero-order valence-electron chi connectivity index (χ0n) is 9.54. The third-order valence-electron chi connectivity index (χ3n) is 2.32. The normalized spacial score (nSPS) is 10.4. The first-order valence-corrected chi connectivity index (χ1v) is 5.80. The van der Waals surface area contributed by atoms with Crippen molar-refractivity contribution in [2.45, 2.75) is 6.92 Å². The quantitative estimate of drug-likeness (QED) is 0.647. The fourth-order valence-corrected chi connectivity index (χ4v) is 2.27. The van der Waals surface area contributed by atoms with Crippen LogP contribution in [-0.4, -0.2) is 26.0 Å². The molecule has 8 nitrogen and oxygen atoms in total. The maximum absolute atomic E-state index is 11.6. The lowest BCUT2D eigenvalue weighted by molar-refractivity contribution is -0.380. The summed E-state index contributed by atoms with van der Waals surface area (Å²) in [7, 11) is 0. The second-order valence-corrected chi connectivity index (χ2v) is 4.64. The molecule has 0 bridgehead atoms. The van der Waals surface area contributed by atoms with Crippen LogP contribution in [0, 0.1) is 17.0 Å². The third kappa shape index (κ3) is 2.36. The summed E-state index contributed by atoms with van der Waals surface area (Å²) in [5, 5.41) is 19.3. The van der Waals surface area contributed by atoms with E-state index >= 15 is 0 Å². The fraction of sp³-hybridized carbons (Fsp3) is 0.100. The van der Waals surface area contributed by atoms with Crippen molar-refractivity contribution in [2.75, 3.05) is 0 Å². The number of aromatic carboxylic acids is 1. The molecule has 0 amide bonds. The topological polar surface area (TPSA) is 126 Å². The Kier molecular flexibility index (Phi) is 3.13. The SMILES string of the molecule is Cc1nc(-c2ccc([N+](=O)[O-])s2)[nH]c(=O)c1C(=O)O. The second kappa shape index (κ2) is 4.61. The van der Waals surface area contributed by atoms with Gasteiger partial charge in [0.15, 0.2) is 5.82 Å². The number of aryl methyl sites for hydroxylation is 1. The number of nitrogens with zero attached hydrogens (tertiary/aromatic N) is 2. The van der Waals surface area contributed by atoms with Crippen LogP contribution in [0.25, 0.3) is 10.7 Å². The zero-order valence-corrected chi connectivity index (χ0v) is 10.4. The monoisotopic (exact) mass is 281 g/mol. The van der Waals surface area contributed by atoms with Gasteiger partial charge in [0.2, 0.25) is 0 Å². The number of aromatic amines is 1. The molecular weight excluding hydrogens is 274 g/mol. The van der Waals surface area contributed by atoms with Crippen LogP contribution in [-0.2, 0) is 0 Å². The van der Waals surface area contributed by atoms with Gasteiger partial charge in [0.25, 0.3) is 5.56 Å². The van der Waals surface area contributed by atoms with Gasteiger partial charge in [-0.25, -0.2) is 9.78 Å². The van der Waals surface area contributed by atoms with Gasteiger partial charge in [-0.15, -0.1) is 0 Å². The van der Waals surface area contributed by atoms with Crippen LogP contribution in [0.5, 0.6) is 0 Å². The molecule has 0 spiro atoms. The molecule has 19 heavy (non-hydrogen) atoms. The summed E-state index contributed by atoms with van der Waals surface area (Å²) in [5.41, 5.74) is -1.16. The van der Waals surface area contributed by atoms with Gasteiger partial charge in [0.1, 0.15) is 5.56 Å². The molecule has 0 fully saturated rings. The van der Waals surface area contributed by atoms with E-state index < -0.39 is 22.0 Å². The van der Waals surface area contributed by atoms with Crippen LogP contribution in [0.2, 0.25) is 0 Å². The Morgan fingerprint density at radius 2 is 2.21 bits per heavy atom. The minimum Gasteiger partial charge on any atom is -0.477 e. The maximum atomic E-state index is 11.6. The molecule has 98 valence electrons. The first-order chi connectivity index (χ1) is 8.90. The van der Waals surface area contributed by atoms with Gasteiger partial charge in [-0.2, -0.15) is 0 Å². The average Bonchev–Trinajstić information content (AvgIpc) is 2.76. The average molecular weight is 281 g/mol. The predicted octanol–water partition coefficient (Wildman–Crippen LogP) is 1.41. The molecule has 0 aliphatic heterocycles. The van der Waals surface area contributed by atoms with Gasteiger partial charge in [0.05, 0.1) is 15.5 Å². The minimum atomic E-state index is -1.37. The van der Waals surface area contributed by atoms with Crippen molar-refractivity contribution in [3.63, 3.8) is 0 Å². The highest BCUT2D eigenvalue weighted by atomic mass is 32.1. The molecule has 2 heterocycles. The van der Waals surface area contributed by atoms with Gasteiger partial charge in [0, 0.05) is 6.07 Å².